The lowest BCUT2D eigenvalue weighted by Crippen LogP contribution is -2.24. The van der Waals surface area contributed by atoms with E-state index >= 15 is 0 Å². The molecule has 1 fully saturated rings. The van der Waals surface area contributed by atoms with Crippen LogP contribution in [0.3, 0.4) is 0 Å². The van der Waals surface area contributed by atoms with E-state index in [0.717, 1.165) is 19.1 Å². The topological polar surface area (TPSA) is 80.3 Å². The largest absolute Gasteiger partial charge is 0.229 e. The van der Waals surface area contributed by atoms with Gasteiger partial charge in [-0.15, -0.1) is 0 Å². The molecule has 0 amide bonds. The van der Waals surface area contributed by atoms with Crippen molar-refractivity contribution >= 4 is 19.9 Å². The highest BCUT2D eigenvalue weighted by Crippen LogP contribution is 2.23. The highest BCUT2D eigenvalue weighted by Gasteiger charge is 2.30. The first kappa shape index (κ1) is 12.9. The zero-order valence-electron chi connectivity index (χ0n) is 8.77. The van der Waals surface area contributed by atoms with Gasteiger partial charge >= 0.3 is 0 Å². The van der Waals surface area contributed by atoms with Crippen molar-refractivity contribution < 1.29 is 16.8 Å². The number of hydrogen-bond acceptors (Lipinski definition) is 4. The second-order valence-corrected chi connectivity index (χ2v) is 8.17. The van der Waals surface area contributed by atoms with Gasteiger partial charge in [0.2, 0.25) is 10.0 Å². The summed E-state index contributed by atoms with van der Waals surface area (Å²) >= 11 is 0. The van der Waals surface area contributed by atoms with E-state index in [1.165, 1.54) is 0 Å². The number of nitrogens with one attached hydrogen (secondary N) is 1. The summed E-state index contributed by atoms with van der Waals surface area (Å²) in [5, 5.41) is -0.251. The fourth-order valence-corrected chi connectivity index (χ4v) is 4.24. The van der Waals surface area contributed by atoms with Crippen molar-refractivity contribution in [2.75, 3.05) is 18.6 Å². The molecule has 5 nitrogen and oxygen atoms in total. The molecule has 1 rings (SSSR count). The average Bonchev–Trinajstić information content (AvgIpc) is 2.37. The van der Waals surface area contributed by atoms with Gasteiger partial charge in [0.15, 0.2) is 9.84 Å². The molecule has 1 heterocycles. The van der Waals surface area contributed by atoms with Crippen LogP contribution in [0.5, 0.6) is 0 Å². The van der Waals surface area contributed by atoms with Crippen molar-refractivity contribution in [1.82, 2.24) is 4.72 Å². The van der Waals surface area contributed by atoms with E-state index in [1.54, 1.807) is 0 Å². The molecule has 0 aromatic heterocycles. The molecule has 90 valence electrons. The first-order valence-corrected chi connectivity index (χ1v) is 8.58. The fourth-order valence-electron chi connectivity index (χ4n) is 1.77. The third kappa shape index (κ3) is 4.48. The maximum absolute atomic E-state index is 11.4. The van der Waals surface area contributed by atoms with Crippen LogP contribution in [-0.2, 0) is 19.9 Å². The van der Waals surface area contributed by atoms with Gasteiger partial charge in [-0.05, 0) is 25.7 Å². The van der Waals surface area contributed by atoms with Crippen molar-refractivity contribution in [3.05, 3.63) is 0 Å². The van der Waals surface area contributed by atoms with Crippen LogP contribution in [-0.4, -0.2) is 40.6 Å². The molecular weight excluding hydrogens is 238 g/mol. The van der Waals surface area contributed by atoms with E-state index in [9.17, 15) is 16.8 Å². The lowest BCUT2D eigenvalue weighted by molar-refractivity contribution is 0.567. The van der Waals surface area contributed by atoms with Crippen molar-refractivity contribution in [2.45, 2.75) is 30.9 Å². The van der Waals surface area contributed by atoms with Gasteiger partial charge in [0.1, 0.15) is 0 Å². The standard InChI is InChI=1S/C8H17NO4S2/c1-14(10,11)9-6-2-4-8-5-3-7-15(8,12)13/h8-9H,2-7H2,1H3/t8-/m1/s1. The van der Waals surface area contributed by atoms with Crippen molar-refractivity contribution in [2.24, 2.45) is 0 Å². The number of sulfonamides is 1. The molecule has 0 aromatic rings. The Kier molecular flexibility index (Phi) is 4.13. The van der Waals surface area contributed by atoms with Crippen LogP contribution in [0.1, 0.15) is 25.7 Å². The normalized spacial score (nSPS) is 25.5. The third-order valence-electron chi connectivity index (χ3n) is 2.53. The number of hydrogen-bond donors (Lipinski definition) is 1. The molecular formula is C8H17NO4S2. The van der Waals surface area contributed by atoms with E-state index in [-0.39, 0.29) is 11.0 Å². The summed E-state index contributed by atoms with van der Waals surface area (Å²) in [5.74, 6) is 0.289. The quantitative estimate of drug-likeness (QED) is 0.695. The summed E-state index contributed by atoms with van der Waals surface area (Å²) in [6.07, 6.45) is 3.70. The fraction of sp³-hybridized carbons (Fsp3) is 1.00. The Morgan fingerprint density at radius 2 is 2.07 bits per heavy atom. The Bertz CT molecular complexity index is 398. The first-order chi connectivity index (χ1) is 6.81. The van der Waals surface area contributed by atoms with Crippen molar-refractivity contribution in [1.29, 1.82) is 0 Å². The SMILES string of the molecule is CS(=O)(=O)NCCC[C@@H]1CCCS1(=O)=O. The highest BCUT2D eigenvalue weighted by molar-refractivity contribution is 7.92. The van der Waals surface area contributed by atoms with Gasteiger partial charge in [0.05, 0.1) is 17.3 Å². The molecule has 15 heavy (non-hydrogen) atoms. The molecule has 0 saturated carbocycles. The summed E-state index contributed by atoms with van der Waals surface area (Å²) in [4.78, 5) is 0. The molecule has 1 aliphatic heterocycles. The number of rotatable bonds is 5. The Morgan fingerprint density at radius 1 is 1.40 bits per heavy atom. The third-order valence-corrected chi connectivity index (χ3v) is 5.60. The van der Waals surface area contributed by atoms with Crippen LogP contribution in [0, 0.1) is 0 Å². The molecule has 1 N–H and O–H groups in total. The molecule has 0 bridgehead atoms. The zero-order chi connectivity index (χ0) is 11.5. The second kappa shape index (κ2) is 4.80. The minimum atomic E-state index is -3.15. The Morgan fingerprint density at radius 3 is 2.53 bits per heavy atom. The van der Waals surface area contributed by atoms with E-state index in [4.69, 9.17) is 0 Å². The van der Waals surface area contributed by atoms with E-state index in [1.807, 2.05) is 0 Å². The summed E-state index contributed by atoms with van der Waals surface area (Å²) in [7, 11) is -6.03. The molecule has 0 aliphatic carbocycles. The van der Waals surface area contributed by atoms with Crippen LogP contribution in [0.15, 0.2) is 0 Å². The monoisotopic (exact) mass is 255 g/mol. The maximum Gasteiger partial charge on any atom is 0.208 e. The summed E-state index contributed by atoms with van der Waals surface area (Å²) in [6, 6.07) is 0. The second-order valence-electron chi connectivity index (χ2n) is 3.94. The van der Waals surface area contributed by atoms with Gasteiger partial charge in [-0.1, -0.05) is 0 Å². The molecule has 1 aliphatic rings. The predicted octanol–water partition coefficient (Wildman–Crippen LogP) is -0.107. The van der Waals surface area contributed by atoms with Gasteiger partial charge in [0, 0.05) is 6.54 Å². The minimum absolute atomic E-state index is 0.251. The number of sulfone groups is 1. The minimum Gasteiger partial charge on any atom is -0.229 e. The van der Waals surface area contributed by atoms with Crippen LogP contribution >= 0.6 is 0 Å². The maximum atomic E-state index is 11.4. The van der Waals surface area contributed by atoms with Gasteiger partial charge in [-0.2, -0.15) is 0 Å². The summed E-state index contributed by atoms with van der Waals surface area (Å²) in [5.41, 5.74) is 0. The van der Waals surface area contributed by atoms with Crippen LogP contribution in [0.4, 0.5) is 0 Å². The van der Waals surface area contributed by atoms with Gasteiger partial charge in [-0.3, -0.25) is 0 Å². The molecule has 0 aromatic carbocycles. The smallest absolute Gasteiger partial charge is 0.208 e. The molecule has 7 heteroatoms. The van der Waals surface area contributed by atoms with Crippen molar-refractivity contribution in [3.63, 3.8) is 0 Å². The molecule has 1 atom stereocenters. The summed E-state index contributed by atoms with van der Waals surface area (Å²) in [6.45, 7) is 0.324. The average molecular weight is 255 g/mol. The molecule has 0 spiro atoms. The Hall–Kier alpha value is -0.140. The molecule has 0 unspecified atom stereocenters. The van der Waals surface area contributed by atoms with Gasteiger partial charge < -0.3 is 0 Å². The molecule has 0 radical (unpaired) electrons. The van der Waals surface area contributed by atoms with E-state index in [0.29, 0.717) is 19.4 Å². The van der Waals surface area contributed by atoms with E-state index in [2.05, 4.69) is 4.72 Å². The van der Waals surface area contributed by atoms with Crippen LogP contribution < -0.4 is 4.72 Å². The first-order valence-electron chi connectivity index (χ1n) is 4.97. The Labute approximate surface area is 91.2 Å². The van der Waals surface area contributed by atoms with Crippen LogP contribution in [0.2, 0.25) is 0 Å². The Balaban J connectivity index is 2.27. The lowest BCUT2D eigenvalue weighted by Gasteiger charge is -2.08. The van der Waals surface area contributed by atoms with Crippen LogP contribution in [0.25, 0.3) is 0 Å². The van der Waals surface area contributed by atoms with Crippen molar-refractivity contribution in [3.8, 4) is 0 Å². The summed E-state index contributed by atoms with van der Waals surface area (Å²) < 4.78 is 46.6. The van der Waals surface area contributed by atoms with Gasteiger partial charge in [0.25, 0.3) is 0 Å². The molecule has 1 saturated heterocycles. The van der Waals surface area contributed by atoms with Gasteiger partial charge in [-0.25, -0.2) is 21.6 Å². The lowest BCUT2D eigenvalue weighted by atomic mass is 10.1. The van der Waals surface area contributed by atoms with E-state index < -0.39 is 19.9 Å². The zero-order valence-corrected chi connectivity index (χ0v) is 10.4. The highest BCUT2D eigenvalue weighted by atomic mass is 32.2. The predicted molar refractivity (Wildman–Crippen MR) is 58.9 cm³/mol.